The zero-order valence-electron chi connectivity index (χ0n) is 17.6. The molecular weight excluding hydrogens is 348 g/mol. The van der Waals surface area contributed by atoms with Crippen molar-refractivity contribution in [3.8, 4) is 0 Å². The van der Waals surface area contributed by atoms with Gasteiger partial charge in [0.25, 0.3) is 0 Å². The molecule has 152 valence electrons. The van der Waals surface area contributed by atoms with Crippen LogP contribution in [0.15, 0.2) is 18.2 Å². The Kier molecular flexibility index (Phi) is 5.88. The van der Waals surface area contributed by atoms with Crippen molar-refractivity contribution in [1.29, 1.82) is 0 Å². The van der Waals surface area contributed by atoms with Gasteiger partial charge in [0.05, 0.1) is 0 Å². The van der Waals surface area contributed by atoms with Gasteiger partial charge in [-0.1, -0.05) is 6.92 Å². The highest BCUT2D eigenvalue weighted by atomic mass is 16.5. The normalized spacial score (nSPS) is 21.6. The second-order valence-electron chi connectivity index (χ2n) is 8.83. The Morgan fingerprint density at radius 1 is 1.25 bits per heavy atom. The van der Waals surface area contributed by atoms with Gasteiger partial charge in [-0.2, -0.15) is 0 Å². The number of Topliss-reactive ketones (excluding diaryl/α,β-unsaturated/α-hetero) is 1. The van der Waals surface area contributed by atoms with Gasteiger partial charge in [0.15, 0.2) is 5.78 Å². The summed E-state index contributed by atoms with van der Waals surface area (Å²) in [6, 6.07) is 6.37. The minimum absolute atomic E-state index is 0.0550. The Morgan fingerprint density at radius 3 is 2.79 bits per heavy atom. The Morgan fingerprint density at radius 2 is 2.04 bits per heavy atom. The smallest absolute Gasteiger partial charge is 0.165 e. The van der Waals surface area contributed by atoms with Gasteiger partial charge in [-0.15, -0.1) is 0 Å². The number of nitrogens with zero attached hydrogens (tertiary/aromatic N) is 1. The monoisotopic (exact) mass is 382 g/mol. The number of fused-ring (bicyclic) bond motifs is 3. The minimum atomic E-state index is 0.0550. The van der Waals surface area contributed by atoms with Gasteiger partial charge >= 0.3 is 0 Å². The molecule has 2 heterocycles. The van der Waals surface area contributed by atoms with Crippen molar-refractivity contribution in [3.05, 3.63) is 35.0 Å². The third kappa shape index (κ3) is 3.65. The highest BCUT2D eigenvalue weighted by Gasteiger charge is 2.31. The largest absolute Gasteiger partial charge is 0.381 e. The lowest BCUT2D eigenvalue weighted by Gasteiger charge is -2.33. The van der Waals surface area contributed by atoms with Gasteiger partial charge in [-0.3, -0.25) is 4.79 Å². The topological polar surface area (TPSA) is 43.3 Å². The number of ether oxygens (including phenoxy) is 1. The Balaban J connectivity index is 1.63. The number of benzene rings is 1. The zero-order valence-corrected chi connectivity index (χ0v) is 17.6. The van der Waals surface area contributed by atoms with E-state index >= 15 is 0 Å². The van der Waals surface area contributed by atoms with Gasteiger partial charge in [0.1, 0.15) is 0 Å². The number of carbonyl (C=O) groups excluding carboxylic acids is 1. The second-order valence-corrected chi connectivity index (χ2v) is 8.83. The zero-order chi connectivity index (χ0) is 19.7. The fourth-order valence-electron chi connectivity index (χ4n) is 5.33. The minimum Gasteiger partial charge on any atom is -0.381 e. The van der Waals surface area contributed by atoms with Crippen molar-refractivity contribution < 1.29 is 9.53 Å². The Bertz CT molecular complexity index is 848. The van der Waals surface area contributed by atoms with Crippen molar-refractivity contribution in [2.24, 2.45) is 24.8 Å². The molecule has 1 aliphatic carbocycles. The maximum atomic E-state index is 12.9. The van der Waals surface area contributed by atoms with Crippen molar-refractivity contribution in [2.45, 2.75) is 45.4 Å². The molecule has 2 unspecified atom stereocenters. The lowest BCUT2D eigenvalue weighted by molar-refractivity contribution is 0.0439. The predicted molar refractivity (Wildman–Crippen MR) is 114 cm³/mol. The predicted octanol–water partition coefficient (Wildman–Crippen LogP) is 4.14. The third-order valence-electron chi connectivity index (χ3n) is 7.15. The number of rotatable bonds is 6. The summed E-state index contributed by atoms with van der Waals surface area (Å²) in [4.78, 5) is 12.9. The first kappa shape index (κ1) is 19.7. The molecular formula is C24H34N2O2. The average Bonchev–Trinajstić information content (AvgIpc) is 3.03. The third-order valence-corrected chi connectivity index (χ3v) is 7.15. The van der Waals surface area contributed by atoms with E-state index in [0.29, 0.717) is 0 Å². The number of hydrogen-bond donors (Lipinski definition) is 1. The molecule has 2 atom stereocenters. The molecule has 4 rings (SSSR count). The van der Waals surface area contributed by atoms with Gasteiger partial charge in [-0.05, 0) is 87.7 Å². The van der Waals surface area contributed by atoms with Crippen molar-refractivity contribution in [3.63, 3.8) is 0 Å². The summed E-state index contributed by atoms with van der Waals surface area (Å²) in [7, 11) is 4.13. The SMILES string of the molecule is CNCCC(C)C(=O)c1ccc2c(c1)c1c(n2C)CCC(C2CCOCC2)C1. The number of aromatic nitrogens is 1. The van der Waals surface area contributed by atoms with Crippen LogP contribution >= 0.6 is 0 Å². The lowest BCUT2D eigenvalue weighted by atomic mass is 9.75. The van der Waals surface area contributed by atoms with Gasteiger partial charge in [0.2, 0.25) is 0 Å². The molecule has 1 saturated heterocycles. The highest BCUT2D eigenvalue weighted by molar-refractivity contribution is 6.01. The molecule has 0 amide bonds. The maximum Gasteiger partial charge on any atom is 0.165 e. The van der Waals surface area contributed by atoms with Crippen molar-refractivity contribution in [1.82, 2.24) is 9.88 Å². The first-order valence-corrected chi connectivity index (χ1v) is 11.0. The number of aryl methyl sites for hydroxylation is 1. The van der Waals surface area contributed by atoms with Gasteiger partial charge < -0.3 is 14.6 Å². The summed E-state index contributed by atoms with van der Waals surface area (Å²) in [5, 5.41) is 4.46. The van der Waals surface area contributed by atoms with E-state index in [-0.39, 0.29) is 11.7 Å². The van der Waals surface area contributed by atoms with Crippen LogP contribution in [0.2, 0.25) is 0 Å². The summed E-state index contributed by atoms with van der Waals surface area (Å²) >= 11 is 0. The summed E-state index contributed by atoms with van der Waals surface area (Å²) < 4.78 is 7.95. The van der Waals surface area contributed by atoms with Crippen LogP contribution in [-0.2, 0) is 24.6 Å². The van der Waals surface area contributed by atoms with Crippen LogP contribution in [0, 0.1) is 17.8 Å². The number of hydrogen-bond acceptors (Lipinski definition) is 3. The van der Waals surface area contributed by atoms with Crippen LogP contribution in [0.3, 0.4) is 0 Å². The Hall–Kier alpha value is -1.65. The number of ketones is 1. The van der Waals surface area contributed by atoms with Crippen LogP contribution < -0.4 is 5.32 Å². The van der Waals surface area contributed by atoms with Crippen LogP contribution in [0.4, 0.5) is 0 Å². The molecule has 28 heavy (non-hydrogen) atoms. The van der Waals surface area contributed by atoms with E-state index < -0.39 is 0 Å². The van der Waals surface area contributed by atoms with E-state index in [4.69, 9.17) is 4.74 Å². The van der Waals surface area contributed by atoms with E-state index in [2.05, 4.69) is 29.1 Å². The summed E-state index contributed by atoms with van der Waals surface area (Å²) in [6.45, 7) is 4.77. The first-order valence-electron chi connectivity index (χ1n) is 11.0. The summed E-state index contributed by atoms with van der Waals surface area (Å²) in [6.07, 6.45) is 6.89. The van der Waals surface area contributed by atoms with E-state index in [9.17, 15) is 4.79 Å². The lowest BCUT2D eigenvalue weighted by Crippen LogP contribution is -2.28. The Labute approximate surface area is 168 Å². The molecule has 1 fully saturated rings. The number of nitrogens with one attached hydrogen (secondary N) is 1. The molecule has 0 bridgehead atoms. The molecule has 1 aromatic heterocycles. The molecule has 1 aromatic carbocycles. The fourth-order valence-corrected chi connectivity index (χ4v) is 5.33. The molecule has 2 aliphatic rings. The molecule has 1 N–H and O–H groups in total. The van der Waals surface area contributed by atoms with E-state index in [0.717, 1.165) is 56.4 Å². The number of carbonyl (C=O) groups is 1. The second kappa shape index (κ2) is 8.38. The van der Waals surface area contributed by atoms with Crippen molar-refractivity contribution in [2.75, 3.05) is 26.8 Å². The summed E-state index contributed by atoms with van der Waals surface area (Å²) in [5.74, 6) is 1.88. The fraction of sp³-hybridized carbons (Fsp3) is 0.625. The molecule has 1 aliphatic heterocycles. The molecule has 0 saturated carbocycles. The average molecular weight is 383 g/mol. The van der Waals surface area contributed by atoms with E-state index in [1.54, 1.807) is 0 Å². The quantitative estimate of drug-likeness (QED) is 0.764. The van der Waals surface area contributed by atoms with E-state index in [1.165, 1.54) is 41.4 Å². The molecule has 4 heteroatoms. The summed E-state index contributed by atoms with van der Waals surface area (Å²) in [5.41, 5.74) is 5.12. The van der Waals surface area contributed by atoms with Crippen LogP contribution in [-0.4, -0.2) is 37.2 Å². The van der Waals surface area contributed by atoms with Gasteiger partial charge in [0, 0.05) is 48.3 Å². The first-order chi connectivity index (χ1) is 13.6. The van der Waals surface area contributed by atoms with Crippen LogP contribution in [0.5, 0.6) is 0 Å². The molecule has 0 radical (unpaired) electrons. The molecule has 2 aromatic rings. The molecule has 4 nitrogen and oxygen atoms in total. The van der Waals surface area contributed by atoms with Crippen LogP contribution in [0.1, 0.15) is 54.2 Å². The van der Waals surface area contributed by atoms with Crippen LogP contribution in [0.25, 0.3) is 10.9 Å². The highest BCUT2D eigenvalue weighted by Crippen LogP contribution is 2.39. The maximum absolute atomic E-state index is 12.9. The standard InChI is InChI=1S/C24H34N2O2/c1-16(8-11-25-2)24(27)19-5-7-23-21(15-19)20-14-18(4-6-22(20)26(23)3)17-9-12-28-13-10-17/h5,7,15-18,25H,4,6,8-14H2,1-3H3. The van der Waals surface area contributed by atoms with E-state index in [1.807, 2.05) is 20.0 Å². The molecule has 0 spiro atoms. The van der Waals surface area contributed by atoms with Crippen molar-refractivity contribution >= 4 is 16.7 Å². The van der Waals surface area contributed by atoms with Gasteiger partial charge in [-0.25, -0.2) is 0 Å².